The van der Waals surface area contributed by atoms with Crippen molar-refractivity contribution in [3.8, 4) is 0 Å². The molecular formula is C18H27ClN2O2S. The topological polar surface area (TPSA) is 40.6 Å². The van der Waals surface area contributed by atoms with Crippen LogP contribution in [0.2, 0.25) is 5.02 Å². The molecule has 6 heteroatoms. The molecule has 0 radical (unpaired) electrons. The van der Waals surface area contributed by atoms with Crippen LogP contribution in [0.4, 0.5) is 0 Å². The summed E-state index contributed by atoms with van der Waals surface area (Å²) in [6.07, 6.45) is 5.35. The van der Waals surface area contributed by atoms with Crippen molar-refractivity contribution >= 4 is 21.6 Å². The summed E-state index contributed by atoms with van der Waals surface area (Å²) in [6.45, 7) is 6.23. The number of halogens is 1. The zero-order chi connectivity index (χ0) is 17.2. The number of hydrogen-bond donors (Lipinski definition) is 0. The van der Waals surface area contributed by atoms with Crippen molar-refractivity contribution in [3.05, 3.63) is 29.3 Å². The Kier molecular flexibility index (Phi) is 5.85. The highest BCUT2D eigenvalue weighted by molar-refractivity contribution is 7.89. The predicted molar refractivity (Wildman–Crippen MR) is 97.8 cm³/mol. The molecule has 0 N–H and O–H groups in total. The largest absolute Gasteiger partial charge is 0.303 e. The predicted octanol–water partition coefficient (Wildman–Crippen LogP) is 3.62. The molecule has 0 aromatic heterocycles. The second kappa shape index (κ2) is 7.73. The van der Waals surface area contributed by atoms with Crippen LogP contribution in [0.25, 0.3) is 0 Å². The smallest absolute Gasteiger partial charge is 0.243 e. The number of benzene rings is 1. The molecule has 0 amide bonds. The molecule has 3 rings (SSSR count). The van der Waals surface area contributed by atoms with Crippen molar-refractivity contribution in [2.24, 2.45) is 5.92 Å². The van der Waals surface area contributed by atoms with E-state index < -0.39 is 10.0 Å². The lowest BCUT2D eigenvalue weighted by Crippen LogP contribution is -2.40. The Hall–Kier alpha value is -0.620. The standard InChI is InChI=1S/C18H27ClN2O2S/c1-15-7-11-20(12-8-15)13-9-17-5-3-10-21(17)24(22,23)18-6-2-4-16(19)14-18/h2,4,6,14-15,17H,3,5,7-13H2,1H3. The maximum absolute atomic E-state index is 12.9. The molecule has 2 saturated heterocycles. The van der Waals surface area contributed by atoms with Gasteiger partial charge in [0.2, 0.25) is 10.0 Å². The first-order chi connectivity index (χ1) is 11.5. The fourth-order valence-electron chi connectivity index (χ4n) is 3.79. The van der Waals surface area contributed by atoms with E-state index in [9.17, 15) is 8.42 Å². The van der Waals surface area contributed by atoms with Crippen LogP contribution in [0.1, 0.15) is 39.0 Å². The lowest BCUT2D eigenvalue weighted by atomic mass is 9.99. The minimum absolute atomic E-state index is 0.119. The number of nitrogens with zero attached hydrogens (tertiary/aromatic N) is 2. The first-order valence-corrected chi connectivity index (χ1v) is 10.8. The van der Waals surface area contributed by atoms with E-state index in [0.29, 0.717) is 16.5 Å². The van der Waals surface area contributed by atoms with E-state index in [0.717, 1.165) is 44.8 Å². The Labute approximate surface area is 150 Å². The molecule has 0 bridgehead atoms. The van der Waals surface area contributed by atoms with Gasteiger partial charge in [-0.1, -0.05) is 24.6 Å². The van der Waals surface area contributed by atoms with Crippen molar-refractivity contribution < 1.29 is 8.42 Å². The monoisotopic (exact) mass is 370 g/mol. The molecule has 1 aromatic carbocycles. The molecule has 0 saturated carbocycles. The average Bonchev–Trinajstić information content (AvgIpc) is 3.04. The van der Waals surface area contributed by atoms with Crippen molar-refractivity contribution in [3.63, 3.8) is 0 Å². The fourth-order valence-corrected chi connectivity index (χ4v) is 5.82. The van der Waals surface area contributed by atoms with Gasteiger partial charge in [0.1, 0.15) is 0 Å². The van der Waals surface area contributed by atoms with Gasteiger partial charge in [-0.2, -0.15) is 4.31 Å². The third-order valence-electron chi connectivity index (χ3n) is 5.38. The minimum Gasteiger partial charge on any atom is -0.303 e. The van der Waals surface area contributed by atoms with E-state index in [-0.39, 0.29) is 6.04 Å². The number of rotatable bonds is 5. The highest BCUT2D eigenvalue weighted by Gasteiger charge is 2.35. The number of piperidine rings is 1. The highest BCUT2D eigenvalue weighted by Crippen LogP contribution is 2.29. The van der Waals surface area contributed by atoms with Gasteiger partial charge >= 0.3 is 0 Å². The van der Waals surface area contributed by atoms with Crippen molar-refractivity contribution in [2.75, 3.05) is 26.2 Å². The Bertz CT molecular complexity index is 657. The van der Waals surface area contributed by atoms with Gasteiger partial charge in [-0.3, -0.25) is 0 Å². The van der Waals surface area contributed by atoms with Crippen LogP contribution >= 0.6 is 11.6 Å². The molecule has 2 aliphatic heterocycles. The SMILES string of the molecule is CC1CCN(CCC2CCCN2S(=O)(=O)c2cccc(Cl)c2)CC1. The number of likely N-dealkylation sites (tertiary alicyclic amines) is 1. The number of hydrogen-bond acceptors (Lipinski definition) is 3. The third-order valence-corrected chi connectivity index (χ3v) is 7.56. The maximum Gasteiger partial charge on any atom is 0.243 e. The van der Waals surface area contributed by atoms with Gasteiger partial charge in [0.25, 0.3) is 0 Å². The maximum atomic E-state index is 12.9. The first-order valence-electron chi connectivity index (χ1n) is 8.96. The van der Waals surface area contributed by atoms with Gasteiger partial charge in [-0.25, -0.2) is 8.42 Å². The van der Waals surface area contributed by atoms with Crippen LogP contribution in [0.15, 0.2) is 29.2 Å². The quantitative estimate of drug-likeness (QED) is 0.794. The molecule has 4 nitrogen and oxygen atoms in total. The summed E-state index contributed by atoms with van der Waals surface area (Å²) in [4.78, 5) is 2.80. The van der Waals surface area contributed by atoms with Crippen molar-refractivity contribution in [2.45, 2.75) is 50.0 Å². The van der Waals surface area contributed by atoms with E-state index >= 15 is 0 Å². The Morgan fingerprint density at radius 1 is 1.17 bits per heavy atom. The summed E-state index contributed by atoms with van der Waals surface area (Å²) < 4.78 is 27.6. The summed E-state index contributed by atoms with van der Waals surface area (Å²) in [6, 6.07) is 6.73. The lowest BCUT2D eigenvalue weighted by Gasteiger charge is -2.32. The van der Waals surface area contributed by atoms with Gasteiger partial charge < -0.3 is 4.90 Å². The van der Waals surface area contributed by atoms with Crippen molar-refractivity contribution in [1.29, 1.82) is 0 Å². The summed E-state index contributed by atoms with van der Waals surface area (Å²) >= 11 is 5.98. The zero-order valence-electron chi connectivity index (χ0n) is 14.3. The van der Waals surface area contributed by atoms with Crippen LogP contribution in [0.5, 0.6) is 0 Å². The lowest BCUT2D eigenvalue weighted by molar-refractivity contribution is 0.179. The van der Waals surface area contributed by atoms with E-state index in [4.69, 9.17) is 11.6 Å². The van der Waals surface area contributed by atoms with Gasteiger partial charge in [-0.15, -0.1) is 0 Å². The zero-order valence-corrected chi connectivity index (χ0v) is 15.9. The van der Waals surface area contributed by atoms with Crippen molar-refractivity contribution in [1.82, 2.24) is 9.21 Å². The molecule has 1 aromatic rings. The molecule has 24 heavy (non-hydrogen) atoms. The molecule has 0 spiro atoms. The van der Waals surface area contributed by atoms with Crippen LogP contribution in [0.3, 0.4) is 0 Å². The summed E-state index contributed by atoms with van der Waals surface area (Å²) in [5, 5.41) is 0.467. The van der Waals surface area contributed by atoms with E-state index in [1.54, 1.807) is 28.6 Å². The molecule has 2 aliphatic rings. The second-order valence-electron chi connectivity index (χ2n) is 7.18. The normalized spacial score (nSPS) is 24.5. The molecule has 2 fully saturated rings. The van der Waals surface area contributed by atoms with Crippen LogP contribution in [-0.4, -0.2) is 49.8 Å². The Morgan fingerprint density at radius 2 is 1.92 bits per heavy atom. The average molecular weight is 371 g/mol. The fraction of sp³-hybridized carbons (Fsp3) is 0.667. The first kappa shape index (κ1) is 18.2. The van der Waals surface area contributed by atoms with Crippen LogP contribution in [-0.2, 0) is 10.0 Å². The summed E-state index contributed by atoms with van der Waals surface area (Å²) in [5.41, 5.74) is 0. The summed E-state index contributed by atoms with van der Waals surface area (Å²) in [7, 11) is -3.44. The van der Waals surface area contributed by atoms with E-state index in [2.05, 4.69) is 11.8 Å². The van der Waals surface area contributed by atoms with Gasteiger partial charge in [0.15, 0.2) is 0 Å². The van der Waals surface area contributed by atoms with Crippen LogP contribution < -0.4 is 0 Å². The minimum atomic E-state index is -3.44. The molecular weight excluding hydrogens is 344 g/mol. The highest BCUT2D eigenvalue weighted by atomic mass is 35.5. The Balaban J connectivity index is 1.64. The molecule has 1 atom stereocenters. The molecule has 1 unspecified atom stereocenters. The Morgan fingerprint density at radius 3 is 2.62 bits per heavy atom. The van der Waals surface area contributed by atoms with Gasteiger partial charge in [-0.05, 0) is 75.9 Å². The number of sulfonamides is 1. The molecule has 134 valence electrons. The third kappa shape index (κ3) is 4.13. The molecule has 2 heterocycles. The van der Waals surface area contributed by atoms with E-state index in [1.807, 2.05) is 0 Å². The van der Waals surface area contributed by atoms with E-state index in [1.165, 1.54) is 12.8 Å². The second-order valence-corrected chi connectivity index (χ2v) is 9.51. The van der Waals surface area contributed by atoms with Gasteiger partial charge in [0, 0.05) is 17.6 Å². The summed E-state index contributed by atoms with van der Waals surface area (Å²) in [5.74, 6) is 0.826. The molecule has 0 aliphatic carbocycles. The van der Waals surface area contributed by atoms with Crippen LogP contribution in [0, 0.1) is 5.92 Å². The van der Waals surface area contributed by atoms with Gasteiger partial charge in [0.05, 0.1) is 4.90 Å².